The van der Waals surface area contributed by atoms with Crippen LogP contribution < -0.4 is 5.32 Å². The summed E-state index contributed by atoms with van der Waals surface area (Å²) < 4.78 is 17.9. The van der Waals surface area contributed by atoms with Crippen LogP contribution in [0.3, 0.4) is 0 Å². The molecule has 1 aromatic rings. The lowest BCUT2D eigenvalue weighted by Crippen LogP contribution is -2.49. The van der Waals surface area contributed by atoms with Crippen molar-refractivity contribution < 1.29 is 18.7 Å². The lowest BCUT2D eigenvalue weighted by Gasteiger charge is -2.31. The molecule has 1 saturated carbocycles. The minimum Gasteiger partial charge on any atom is -0.452 e. The van der Waals surface area contributed by atoms with Crippen molar-refractivity contribution in [3.05, 3.63) is 40.7 Å². The molecular formula is C18H18ClFN2O3. The van der Waals surface area contributed by atoms with Gasteiger partial charge in [0.05, 0.1) is 11.1 Å². The molecule has 1 fully saturated rings. The fourth-order valence-corrected chi connectivity index (χ4v) is 2.88. The zero-order valence-electron chi connectivity index (χ0n) is 13.6. The van der Waals surface area contributed by atoms with Gasteiger partial charge in [0.15, 0.2) is 6.61 Å². The molecule has 0 aliphatic heterocycles. The van der Waals surface area contributed by atoms with E-state index in [0.29, 0.717) is 18.4 Å². The van der Waals surface area contributed by atoms with Gasteiger partial charge in [-0.1, -0.05) is 36.9 Å². The number of nitrogens with one attached hydrogen (secondary N) is 1. The van der Waals surface area contributed by atoms with E-state index in [1.54, 1.807) is 0 Å². The van der Waals surface area contributed by atoms with Crippen molar-refractivity contribution in [2.45, 2.75) is 37.6 Å². The summed E-state index contributed by atoms with van der Waals surface area (Å²) in [7, 11) is 0. The Hall–Kier alpha value is -2.39. The lowest BCUT2D eigenvalue weighted by molar-refractivity contribution is -0.144. The maximum atomic E-state index is 13.0. The van der Waals surface area contributed by atoms with E-state index in [2.05, 4.69) is 11.4 Å². The van der Waals surface area contributed by atoms with Crippen LogP contribution in [0.25, 0.3) is 6.08 Å². The zero-order chi connectivity index (χ0) is 18.3. The number of esters is 1. The first-order chi connectivity index (χ1) is 11.9. The largest absolute Gasteiger partial charge is 0.452 e. The molecule has 25 heavy (non-hydrogen) atoms. The number of hydrogen-bond donors (Lipinski definition) is 1. The monoisotopic (exact) mass is 364 g/mol. The number of nitrogens with zero attached hydrogens (tertiary/aromatic N) is 1. The van der Waals surface area contributed by atoms with Gasteiger partial charge in [-0.3, -0.25) is 4.79 Å². The summed E-state index contributed by atoms with van der Waals surface area (Å²) in [5.41, 5.74) is -0.332. The van der Waals surface area contributed by atoms with Crippen LogP contribution >= 0.6 is 11.6 Å². The van der Waals surface area contributed by atoms with Crippen LogP contribution in [0.15, 0.2) is 24.3 Å². The average Bonchev–Trinajstić information content (AvgIpc) is 2.61. The average molecular weight is 365 g/mol. The van der Waals surface area contributed by atoms with Gasteiger partial charge in [0.2, 0.25) is 0 Å². The van der Waals surface area contributed by atoms with Crippen molar-refractivity contribution in [3.8, 4) is 6.07 Å². The number of nitriles is 1. The molecular weight excluding hydrogens is 347 g/mol. The number of carbonyl (C=O) groups excluding carboxylic acids is 2. The van der Waals surface area contributed by atoms with Crippen molar-refractivity contribution in [2.75, 3.05) is 6.61 Å². The lowest BCUT2D eigenvalue weighted by atomic mass is 9.83. The van der Waals surface area contributed by atoms with Gasteiger partial charge in [0.25, 0.3) is 5.91 Å². The van der Waals surface area contributed by atoms with Crippen LogP contribution in [0, 0.1) is 17.1 Å². The first kappa shape index (κ1) is 18.9. The molecule has 1 aromatic carbocycles. The normalized spacial score (nSPS) is 16.2. The topological polar surface area (TPSA) is 79.2 Å². The molecule has 1 aliphatic rings. The highest BCUT2D eigenvalue weighted by atomic mass is 35.5. The second-order valence-electron chi connectivity index (χ2n) is 5.92. The van der Waals surface area contributed by atoms with E-state index in [4.69, 9.17) is 16.3 Å². The van der Waals surface area contributed by atoms with Crippen LogP contribution in [0.5, 0.6) is 0 Å². The minimum absolute atomic E-state index is 0.0517. The minimum atomic E-state index is -0.859. The van der Waals surface area contributed by atoms with E-state index < -0.39 is 29.8 Å². The number of halogens is 2. The number of hydrogen-bond acceptors (Lipinski definition) is 4. The van der Waals surface area contributed by atoms with E-state index in [9.17, 15) is 19.2 Å². The number of rotatable bonds is 5. The van der Waals surface area contributed by atoms with Crippen LogP contribution in [0.1, 0.15) is 37.7 Å². The number of carbonyl (C=O) groups is 2. The Morgan fingerprint density at radius 3 is 2.72 bits per heavy atom. The van der Waals surface area contributed by atoms with Crippen LogP contribution in [-0.2, 0) is 14.3 Å². The molecule has 132 valence electrons. The molecule has 0 bridgehead atoms. The highest BCUT2D eigenvalue weighted by Gasteiger charge is 2.33. The van der Waals surface area contributed by atoms with E-state index in [1.165, 1.54) is 24.3 Å². The number of ether oxygens (including phenoxy) is 1. The predicted octanol–water partition coefficient (Wildman–Crippen LogP) is 3.38. The first-order valence-corrected chi connectivity index (χ1v) is 8.34. The van der Waals surface area contributed by atoms with Crippen molar-refractivity contribution in [1.29, 1.82) is 5.26 Å². The Kier molecular flexibility index (Phi) is 6.54. The highest BCUT2D eigenvalue weighted by Crippen LogP contribution is 2.27. The molecule has 1 N–H and O–H groups in total. The maximum absolute atomic E-state index is 13.0. The van der Waals surface area contributed by atoms with Crippen LogP contribution in [-0.4, -0.2) is 24.0 Å². The molecule has 2 rings (SSSR count). The molecule has 0 aromatic heterocycles. The zero-order valence-corrected chi connectivity index (χ0v) is 14.3. The maximum Gasteiger partial charge on any atom is 0.331 e. The van der Waals surface area contributed by atoms with Crippen LogP contribution in [0.2, 0.25) is 5.02 Å². The van der Waals surface area contributed by atoms with Gasteiger partial charge in [0, 0.05) is 6.08 Å². The van der Waals surface area contributed by atoms with Gasteiger partial charge in [-0.15, -0.1) is 0 Å². The Morgan fingerprint density at radius 2 is 2.08 bits per heavy atom. The second-order valence-corrected chi connectivity index (χ2v) is 6.32. The number of benzene rings is 1. The fraction of sp³-hybridized carbons (Fsp3) is 0.389. The van der Waals surface area contributed by atoms with Crippen molar-refractivity contribution in [2.24, 2.45) is 0 Å². The van der Waals surface area contributed by atoms with E-state index >= 15 is 0 Å². The van der Waals surface area contributed by atoms with Gasteiger partial charge in [0.1, 0.15) is 11.4 Å². The summed E-state index contributed by atoms with van der Waals surface area (Å²) in [5, 5.41) is 11.9. The standard InChI is InChI=1S/C18H18ClFN2O3/c19-14-10-13(4-6-15(14)20)5-7-17(24)25-11-16(23)22-18(12-21)8-2-1-3-9-18/h4-7,10H,1-3,8-9,11H2,(H,22,23)/b7-5+. The van der Waals surface area contributed by atoms with E-state index in [1.807, 2.05) is 0 Å². The Labute approximate surface area is 150 Å². The molecule has 1 amide bonds. The summed E-state index contributed by atoms with van der Waals surface area (Å²) in [4.78, 5) is 23.6. The first-order valence-electron chi connectivity index (χ1n) is 7.96. The Bertz CT molecular complexity index is 722. The quantitative estimate of drug-likeness (QED) is 0.641. The smallest absolute Gasteiger partial charge is 0.331 e. The molecule has 1 aliphatic carbocycles. The fourth-order valence-electron chi connectivity index (χ4n) is 2.69. The van der Waals surface area contributed by atoms with Gasteiger partial charge in [-0.2, -0.15) is 5.26 Å². The Morgan fingerprint density at radius 1 is 1.36 bits per heavy atom. The van der Waals surface area contributed by atoms with Gasteiger partial charge in [-0.05, 0) is 36.6 Å². The third-order valence-electron chi connectivity index (χ3n) is 4.00. The summed E-state index contributed by atoms with van der Waals surface area (Å²) in [6.45, 7) is -0.462. The van der Waals surface area contributed by atoms with Crippen molar-refractivity contribution in [3.63, 3.8) is 0 Å². The summed E-state index contributed by atoms with van der Waals surface area (Å²) in [6, 6.07) is 6.17. The Balaban J connectivity index is 1.82. The summed E-state index contributed by atoms with van der Waals surface area (Å²) in [6.07, 6.45) is 6.56. The molecule has 5 nitrogen and oxygen atoms in total. The SMILES string of the molecule is N#CC1(NC(=O)COC(=O)/C=C/c2ccc(F)c(Cl)c2)CCCCC1. The van der Waals surface area contributed by atoms with E-state index in [0.717, 1.165) is 25.3 Å². The summed E-state index contributed by atoms with van der Waals surface area (Å²) in [5.74, 6) is -1.77. The van der Waals surface area contributed by atoms with Crippen LogP contribution in [0.4, 0.5) is 4.39 Å². The highest BCUT2D eigenvalue weighted by molar-refractivity contribution is 6.30. The molecule has 0 heterocycles. The third kappa shape index (κ3) is 5.57. The molecule has 0 saturated heterocycles. The van der Waals surface area contributed by atoms with Gasteiger partial charge >= 0.3 is 5.97 Å². The van der Waals surface area contributed by atoms with Gasteiger partial charge < -0.3 is 10.1 Å². The van der Waals surface area contributed by atoms with Crippen molar-refractivity contribution in [1.82, 2.24) is 5.32 Å². The molecule has 7 heteroatoms. The van der Waals surface area contributed by atoms with E-state index in [-0.39, 0.29) is 5.02 Å². The summed E-state index contributed by atoms with van der Waals surface area (Å²) >= 11 is 5.65. The molecule has 0 atom stereocenters. The third-order valence-corrected chi connectivity index (χ3v) is 4.29. The number of amides is 1. The molecule has 0 unspecified atom stereocenters. The predicted molar refractivity (Wildman–Crippen MR) is 91.0 cm³/mol. The van der Waals surface area contributed by atoms with Gasteiger partial charge in [-0.25, -0.2) is 9.18 Å². The molecule has 0 spiro atoms. The molecule has 0 radical (unpaired) electrons. The van der Waals surface area contributed by atoms with Crippen molar-refractivity contribution >= 4 is 29.6 Å². The second kappa shape index (κ2) is 8.63.